The Hall–Kier alpha value is -0.670. The normalized spacial score (nSPS) is 11.8. The molecule has 4 heteroatoms. The number of nitrogens with zero attached hydrogens (tertiary/aromatic N) is 1. The molecule has 0 aliphatic rings. The van der Waals surface area contributed by atoms with Crippen LogP contribution in [0.4, 0.5) is 4.39 Å². The van der Waals surface area contributed by atoms with Gasteiger partial charge in [-0.3, -0.25) is 4.98 Å². The molecule has 0 aliphatic heterocycles. The molecule has 0 saturated carbocycles. The monoisotopic (exact) mass is 258 g/mol. The van der Waals surface area contributed by atoms with Crippen LogP contribution < -0.4 is 5.32 Å². The van der Waals surface area contributed by atoms with E-state index in [9.17, 15) is 4.39 Å². The molecular formula is C13H20ClFN2. The van der Waals surface area contributed by atoms with Gasteiger partial charge in [-0.05, 0) is 29.9 Å². The predicted octanol–water partition coefficient (Wildman–Crippen LogP) is 3.36. The largest absolute Gasteiger partial charge is 0.312 e. The highest BCUT2D eigenvalue weighted by Gasteiger charge is 2.24. The Bertz CT molecular complexity index is 332. The van der Waals surface area contributed by atoms with E-state index in [-0.39, 0.29) is 11.2 Å². The molecule has 0 amide bonds. The van der Waals surface area contributed by atoms with Crippen molar-refractivity contribution in [3.63, 3.8) is 0 Å². The molecule has 0 bridgehead atoms. The van der Waals surface area contributed by atoms with Gasteiger partial charge in [0.05, 0.1) is 6.20 Å². The zero-order valence-electron chi connectivity index (χ0n) is 10.5. The Kier molecular flexibility index (Phi) is 5.86. The van der Waals surface area contributed by atoms with Crippen LogP contribution in [0.3, 0.4) is 0 Å². The SMILES string of the molecule is CCC(CC)(CCl)CNCc1cncc(F)c1. The van der Waals surface area contributed by atoms with Gasteiger partial charge in [0.1, 0.15) is 5.82 Å². The number of hydrogen-bond acceptors (Lipinski definition) is 2. The van der Waals surface area contributed by atoms with E-state index >= 15 is 0 Å². The van der Waals surface area contributed by atoms with Gasteiger partial charge in [0.25, 0.3) is 0 Å². The summed E-state index contributed by atoms with van der Waals surface area (Å²) in [7, 11) is 0. The van der Waals surface area contributed by atoms with E-state index in [2.05, 4.69) is 24.1 Å². The van der Waals surface area contributed by atoms with Crippen molar-refractivity contribution in [1.29, 1.82) is 0 Å². The molecule has 1 aromatic heterocycles. The van der Waals surface area contributed by atoms with Crippen LogP contribution in [0.2, 0.25) is 0 Å². The van der Waals surface area contributed by atoms with E-state index in [1.807, 2.05) is 0 Å². The maximum Gasteiger partial charge on any atom is 0.141 e. The Morgan fingerprint density at radius 1 is 1.35 bits per heavy atom. The van der Waals surface area contributed by atoms with E-state index in [0.717, 1.165) is 24.9 Å². The molecule has 1 heterocycles. The van der Waals surface area contributed by atoms with Gasteiger partial charge in [-0.15, -0.1) is 11.6 Å². The first-order valence-corrected chi connectivity index (χ1v) is 6.55. The summed E-state index contributed by atoms with van der Waals surface area (Å²) in [6.45, 7) is 5.78. The highest BCUT2D eigenvalue weighted by Crippen LogP contribution is 2.26. The van der Waals surface area contributed by atoms with Crippen LogP contribution in [-0.4, -0.2) is 17.4 Å². The summed E-state index contributed by atoms with van der Waals surface area (Å²) < 4.78 is 12.9. The molecule has 0 saturated heterocycles. The molecule has 2 nitrogen and oxygen atoms in total. The number of aromatic nitrogens is 1. The van der Waals surface area contributed by atoms with Gasteiger partial charge in [0.2, 0.25) is 0 Å². The number of alkyl halides is 1. The lowest BCUT2D eigenvalue weighted by molar-refractivity contribution is 0.286. The Balaban J connectivity index is 2.46. The molecule has 0 unspecified atom stereocenters. The number of rotatable bonds is 7. The minimum absolute atomic E-state index is 0.141. The van der Waals surface area contributed by atoms with Crippen LogP contribution >= 0.6 is 11.6 Å². The molecule has 1 rings (SSSR count). The Labute approximate surface area is 108 Å². The Morgan fingerprint density at radius 3 is 2.59 bits per heavy atom. The summed E-state index contributed by atoms with van der Waals surface area (Å²) in [5, 5.41) is 3.33. The van der Waals surface area contributed by atoms with Crippen LogP contribution in [-0.2, 0) is 6.54 Å². The van der Waals surface area contributed by atoms with Crippen molar-refractivity contribution in [2.45, 2.75) is 33.2 Å². The highest BCUT2D eigenvalue weighted by atomic mass is 35.5. The second kappa shape index (κ2) is 6.92. The van der Waals surface area contributed by atoms with Gasteiger partial charge in [0.15, 0.2) is 0 Å². The van der Waals surface area contributed by atoms with Crippen molar-refractivity contribution in [2.24, 2.45) is 5.41 Å². The molecule has 0 radical (unpaired) electrons. The third-order valence-corrected chi connectivity index (χ3v) is 3.94. The van der Waals surface area contributed by atoms with Crippen molar-refractivity contribution in [3.05, 3.63) is 29.8 Å². The Morgan fingerprint density at radius 2 is 2.06 bits per heavy atom. The molecule has 0 fully saturated rings. The van der Waals surface area contributed by atoms with Crippen molar-refractivity contribution < 1.29 is 4.39 Å². The van der Waals surface area contributed by atoms with Crippen LogP contribution in [0.1, 0.15) is 32.3 Å². The first kappa shape index (κ1) is 14.4. The molecule has 17 heavy (non-hydrogen) atoms. The first-order chi connectivity index (χ1) is 8.15. The minimum Gasteiger partial charge on any atom is -0.312 e. The van der Waals surface area contributed by atoms with Crippen LogP contribution in [0.5, 0.6) is 0 Å². The fourth-order valence-electron chi connectivity index (χ4n) is 1.76. The summed E-state index contributed by atoms with van der Waals surface area (Å²) in [4.78, 5) is 3.82. The van der Waals surface area contributed by atoms with Crippen LogP contribution in [0.15, 0.2) is 18.5 Å². The molecular weight excluding hydrogens is 239 g/mol. The van der Waals surface area contributed by atoms with Gasteiger partial charge in [-0.25, -0.2) is 4.39 Å². The molecule has 1 N–H and O–H groups in total. The zero-order chi connectivity index (χ0) is 12.7. The lowest BCUT2D eigenvalue weighted by Crippen LogP contribution is -2.34. The second-order valence-corrected chi connectivity index (χ2v) is 4.72. The first-order valence-electron chi connectivity index (χ1n) is 6.02. The topological polar surface area (TPSA) is 24.9 Å². The average Bonchev–Trinajstić information content (AvgIpc) is 2.35. The summed E-state index contributed by atoms with van der Waals surface area (Å²) in [6.07, 6.45) is 4.98. The summed E-state index contributed by atoms with van der Waals surface area (Å²) in [5.74, 6) is 0.355. The molecule has 0 atom stereocenters. The van der Waals surface area contributed by atoms with Gasteiger partial charge in [-0.1, -0.05) is 13.8 Å². The van der Waals surface area contributed by atoms with E-state index in [1.54, 1.807) is 6.20 Å². The standard InChI is InChI=1S/C13H20ClFN2/c1-3-13(4-2,9-14)10-17-7-11-5-12(15)8-16-6-11/h5-6,8,17H,3-4,7,9-10H2,1-2H3. The van der Waals surface area contributed by atoms with E-state index < -0.39 is 0 Å². The summed E-state index contributed by atoms with van der Waals surface area (Å²) in [5.41, 5.74) is 1.00. The number of pyridine rings is 1. The quantitative estimate of drug-likeness (QED) is 0.759. The fourth-order valence-corrected chi connectivity index (χ4v) is 2.23. The van der Waals surface area contributed by atoms with E-state index in [4.69, 9.17) is 11.6 Å². The lowest BCUT2D eigenvalue weighted by atomic mass is 9.84. The number of hydrogen-bond donors (Lipinski definition) is 1. The average molecular weight is 259 g/mol. The fraction of sp³-hybridized carbons (Fsp3) is 0.615. The van der Waals surface area contributed by atoms with Gasteiger partial charge in [-0.2, -0.15) is 0 Å². The van der Waals surface area contributed by atoms with Crippen molar-refractivity contribution in [1.82, 2.24) is 10.3 Å². The summed E-state index contributed by atoms with van der Waals surface area (Å²) >= 11 is 6.02. The van der Waals surface area contributed by atoms with E-state index in [0.29, 0.717) is 12.4 Å². The maximum atomic E-state index is 12.9. The van der Waals surface area contributed by atoms with Crippen molar-refractivity contribution >= 4 is 11.6 Å². The predicted molar refractivity (Wildman–Crippen MR) is 69.6 cm³/mol. The van der Waals surface area contributed by atoms with Crippen molar-refractivity contribution in [3.8, 4) is 0 Å². The third-order valence-electron chi connectivity index (χ3n) is 3.37. The highest BCUT2D eigenvalue weighted by molar-refractivity contribution is 6.18. The number of halogens is 2. The third kappa shape index (κ3) is 4.25. The zero-order valence-corrected chi connectivity index (χ0v) is 11.2. The minimum atomic E-state index is -0.293. The van der Waals surface area contributed by atoms with Crippen molar-refractivity contribution in [2.75, 3.05) is 12.4 Å². The van der Waals surface area contributed by atoms with Gasteiger partial charge >= 0.3 is 0 Å². The number of nitrogens with one attached hydrogen (secondary N) is 1. The summed E-state index contributed by atoms with van der Waals surface area (Å²) in [6, 6.07) is 1.50. The molecule has 0 spiro atoms. The molecule has 96 valence electrons. The van der Waals surface area contributed by atoms with Crippen LogP contribution in [0, 0.1) is 11.2 Å². The smallest absolute Gasteiger partial charge is 0.141 e. The molecule has 1 aromatic rings. The van der Waals surface area contributed by atoms with Crippen LogP contribution in [0.25, 0.3) is 0 Å². The second-order valence-electron chi connectivity index (χ2n) is 4.46. The van der Waals surface area contributed by atoms with Gasteiger partial charge < -0.3 is 5.32 Å². The molecule has 0 aliphatic carbocycles. The van der Waals surface area contributed by atoms with E-state index in [1.165, 1.54) is 12.3 Å². The maximum absolute atomic E-state index is 12.9. The molecule has 0 aromatic carbocycles. The lowest BCUT2D eigenvalue weighted by Gasteiger charge is -2.29. The van der Waals surface area contributed by atoms with Gasteiger partial charge in [0, 0.05) is 25.2 Å².